The lowest BCUT2D eigenvalue weighted by molar-refractivity contribution is -0.237. The van der Waals surface area contributed by atoms with E-state index in [2.05, 4.69) is 6.92 Å². The molecule has 3 unspecified atom stereocenters. The highest BCUT2D eigenvalue weighted by Crippen LogP contribution is 2.41. The van der Waals surface area contributed by atoms with Gasteiger partial charge in [-0.25, -0.2) is 0 Å². The molecule has 1 aliphatic carbocycles. The molecule has 0 aliphatic heterocycles. The lowest BCUT2D eigenvalue weighted by Crippen LogP contribution is -2.51. The van der Waals surface area contributed by atoms with E-state index < -0.39 is 11.9 Å². The number of rotatable bonds is 5. The maximum Gasteiger partial charge on any atom is 0.185 e. The Morgan fingerprint density at radius 2 is 1.81 bits per heavy atom. The van der Waals surface area contributed by atoms with E-state index in [1.807, 2.05) is 6.92 Å². The van der Waals surface area contributed by atoms with Gasteiger partial charge in [-0.2, -0.15) is 0 Å². The molecule has 0 aromatic carbocycles. The first-order valence-corrected chi connectivity index (χ1v) is 6.35. The molecule has 1 fully saturated rings. The normalized spacial score (nSPS) is 30.4. The quantitative estimate of drug-likeness (QED) is 0.738. The monoisotopic (exact) mass is 230 g/mol. The van der Waals surface area contributed by atoms with Crippen molar-refractivity contribution in [2.24, 2.45) is 11.8 Å². The predicted octanol–water partition coefficient (Wildman–Crippen LogP) is 2.57. The Labute approximate surface area is 99.1 Å². The average Bonchev–Trinajstić information content (AvgIpc) is 2.30. The highest BCUT2D eigenvalue weighted by Gasteiger charge is 2.44. The minimum Gasteiger partial charge on any atom is -0.385 e. The molecule has 0 amide bonds. The molecule has 0 saturated heterocycles. The van der Waals surface area contributed by atoms with Crippen molar-refractivity contribution in [2.75, 3.05) is 14.2 Å². The summed E-state index contributed by atoms with van der Waals surface area (Å²) in [6, 6.07) is 0. The van der Waals surface area contributed by atoms with E-state index in [-0.39, 0.29) is 5.92 Å². The van der Waals surface area contributed by atoms with Crippen LogP contribution in [0.1, 0.15) is 46.0 Å². The van der Waals surface area contributed by atoms with Gasteiger partial charge >= 0.3 is 0 Å². The van der Waals surface area contributed by atoms with Crippen molar-refractivity contribution in [3.05, 3.63) is 0 Å². The first-order chi connectivity index (χ1) is 7.57. The molecule has 0 aromatic rings. The topological polar surface area (TPSA) is 38.7 Å². The number of aliphatic hydroxyl groups is 1. The van der Waals surface area contributed by atoms with Crippen molar-refractivity contribution in [2.45, 2.75) is 57.8 Å². The summed E-state index contributed by atoms with van der Waals surface area (Å²) in [7, 11) is 3.18. The van der Waals surface area contributed by atoms with Crippen LogP contribution in [-0.2, 0) is 9.47 Å². The number of hydrogen-bond acceptors (Lipinski definition) is 3. The minimum atomic E-state index is -0.884. The molecule has 3 atom stereocenters. The molecule has 0 radical (unpaired) electrons. The van der Waals surface area contributed by atoms with E-state index >= 15 is 0 Å². The van der Waals surface area contributed by atoms with Crippen LogP contribution in [0.25, 0.3) is 0 Å². The van der Waals surface area contributed by atoms with E-state index in [0.29, 0.717) is 5.92 Å². The summed E-state index contributed by atoms with van der Waals surface area (Å²) in [6.45, 7) is 4.05. The van der Waals surface area contributed by atoms with Crippen LogP contribution >= 0.6 is 0 Å². The largest absolute Gasteiger partial charge is 0.385 e. The second-order valence-electron chi connectivity index (χ2n) is 5.09. The molecule has 0 aromatic heterocycles. The zero-order valence-corrected chi connectivity index (χ0v) is 11.0. The fraction of sp³-hybridized carbons (Fsp3) is 1.00. The first-order valence-electron chi connectivity index (χ1n) is 6.35. The predicted molar refractivity (Wildman–Crippen MR) is 64.2 cm³/mol. The highest BCUT2D eigenvalue weighted by molar-refractivity contribution is 4.91. The molecule has 0 heterocycles. The van der Waals surface area contributed by atoms with Crippen LogP contribution in [0.5, 0.6) is 0 Å². The molecule has 16 heavy (non-hydrogen) atoms. The summed E-state index contributed by atoms with van der Waals surface area (Å²) in [5.41, 5.74) is -0.884. The van der Waals surface area contributed by atoms with Crippen LogP contribution in [-0.4, -0.2) is 31.2 Å². The van der Waals surface area contributed by atoms with Crippen LogP contribution < -0.4 is 0 Å². The Balaban J connectivity index is 2.77. The summed E-state index contributed by atoms with van der Waals surface area (Å²) in [6.07, 6.45) is 5.39. The third-order valence-electron chi connectivity index (χ3n) is 4.09. The van der Waals surface area contributed by atoms with Gasteiger partial charge in [-0.05, 0) is 25.2 Å². The number of ether oxygens (including phenoxy) is 2. The van der Waals surface area contributed by atoms with Crippen molar-refractivity contribution in [1.29, 1.82) is 0 Å². The lowest BCUT2D eigenvalue weighted by Gasteiger charge is -2.43. The Bertz CT molecular complexity index is 199. The minimum absolute atomic E-state index is 0.288. The fourth-order valence-corrected chi connectivity index (χ4v) is 3.21. The highest BCUT2D eigenvalue weighted by atomic mass is 16.7. The van der Waals surface area contributed by atoms with Crippen molar-refractivity contribution in [1.82, 2.24) is 0 Å². The van der Waals surface area contributed by atoms with E-state index in [9.17, 15) is 5.11 Å². The molecule has 3 heteroatoms. The maximum atomic E-state index is 10.7. The molecule has 1 aliphatic rings. The Kier molecular flexibility index (Phi) is 5.22. The van der Waals surface area contributed by atoms with Gasteiger partial charge in [-0.1, -0.05) is 32.6 Å². The van der Waals surface area contributed by atoms with Crippen molar-refractivity contribution in [3.8, 4) is 0 Å². The van der Waals surface area contributed by atoms with Crippen LogP contribution in [0.4, 0.5) is 0 Å². The standard InChI is InChI=1S/C13H26O3/c1-5-10-8-6-7-9-11(10)13(2,14)12(15-3)16-4/h10-12,14H,5-9H2,1-4H3. The van der Waals surface area contributed by atoms with Crippen LogP contribution in [0.3, 0.4) is 0 Å². The van der Waals surface area contributed by atoms with Gasteiger partial charge in [-0.15, -0.1) is 0 Å². The first kappa shape index (κ1) is 13.9. The van der Waals surface area contributed by atoms with E-state index in [1.54, 1.807) is 14.2 Å². The summed E-state index contributed by atoms with van der Waals surface area (Å²) < 4.78 is 10.5. The lowest BCUT2D eigenvalue weighted by atomic mass is 9.69. The fourth-order valence-electron chi connectivity index (χ4n) is 3.21. The van der Waals surface area contributed by atoms with E-state index in [4.69, 9.17) is 9.47 Å². The Morgan fingerprint density at radius 3 is 2.31 bits per heavy atom. The van der Waals surface area contributed by atoms with Crippen LogP contribution in [0.2, 0.25) is 0 Å². The van der Waals surface area contributed by atoms with Gasteiger partial charge in [0.25, 0.3) is 0 Å². The summed E-state index contributed by atoms with van der Waals surface area (Å²) in [5.74, 6) is 0.882. The Hall–Kier alpha value is -0.120. The number of methoxy groups -OCH3 is 2. The van der Waals surface area contributed by atoms with Gasteiger partial charge < -0.3 is 14.6 Å². The van der Waals surface area contributed by atoms with Gasteiger partial charge in [0.05, 0.1) is 0 Å². The molecule has 0 bridgehead atoms. The van der Waals surface area contributed by atoms with E-state index in [1.165, 1.54) is 19.3 Å². The van der Waals surface area contributed by atoms with Crippen LogP contribution in [0, 0.1) is 11.8 Å². The van der Waals surface area contributed by atoms with Crippen molar-refractivity contribution in [3.63, 3.8) is 0 Å². The van der Waals surface area contributed by atoms with Crippen molar-refractivity contribution >= 4 is 0 Å². The van der Waals surface area contributed by atoms with Gasteiger partial charge in [0.15, 0.2) is 6.29 Å². The molecule has 96 valence electrons. The number of hydrogen-bond donors (Lipinski definition) is 1. The van der Waals surface area contributed by atoms with Gasteiger partial charge in [0, 0.05) is 14.2 Å². The summed E-state index contributed by atoms with van der Waals surface area (Å²) in [4.78, 5) is 0. The van der Waals surface area contributed by atoms with Crippen molar-refractivity contribution < 1.29 is 14.6 Å². The molecular formula is C13H26O3. The van der Waals surface area contributed by atoms with Crippen LogP contribution in [0.15, 0.2) is 0 Å². The second kappa shape index (κ2) is 5.99. The smallest absolute Gasteiger partial charge is 0.185 e. The molecule has 1 rings (SSSR count). The zero-order valence-electron chi connectivity index (χ0n) is 11.0. The third-order valence-corrected chi connectivity index (χ3v) is 4.09. The van der Waals surface area contributed by atoms with Gasteiger partial charge in [0.2, 0.25) is 0 Å². The molecule has 1 N–H and O–H groups in total. The zero-order chi connectivity index (χ0) is 12.2. The summed E-state index contributed by atoms with van der Waals surface area (Å²) >= 11 is 0. The third kappa shape index (κ3) is 2.76. The van der Waals surface area contributed by atoms with Gasteiger partial charge in [-0.3, -0.25) is 0 Å². The molecule has 0 spiro atoms. The molecule has 3 nitrogen and oxygen atoms in total. The van der Waals surface area contributed by atoms with E-state index in [0.717, 1.165) is 12.8 Å². The maximum absolute atomic E-state index is 10.7. The summed E-state index contributed by atoms with van der Waals surface area (Å²) in [5, 5.41) is 10.7. The molecular weight excluding hydrogens is 204 g/mol. The average molecular weight is 230 g/mol. The van der Waals surface area contributed by atoms with Gasteiger partial charge in [0.1, 0.15) is 5.60 Å². The molecule has 1 saturated carbocycles. The SMILES string of the molecule is CCC1CCCCC1C(C)(O)C(OC)OC. The second-order valence-corrected chi connectivity index (χ2v) is 5.09. The Morgan fingerprint density at radius 1 is 1.25 bits per heavy atom.